The number of hydrogen-bond acceptors (Lipinski definition) is 6. The minimum atomic E-state index is -1.07. The smallest absolute Gasteiger partial charge is 0.414 e. The van der Waals surface area contributed by atoms with Gasteiger partial charge < -0.3 is 19.3 Å². The van der Waals surface area contributed by atoms with Crippen molar-refractivity contribution in [1.82, 2.24) is 10.1 Å². The van der Waals surface area contributed by atoms with Gasteiger partial charge >= 0.3 is 12.1 Å². The third kappa shape index (κ3) is 4.03. The molecule has 0 radical (unpaired) electrons. The second-order valence-electron chi connectivity index (χ2n) is 9.50. The van der Waals surface area contributed by atoms with E-state index in [9.17, 15) is 19.5 Å². The Morgan fingerprint density at radius 2 is 1.74 bits per heavy atom. The van der Waals surface area contributed by atoms with Crippen molar-refractivity contribution in [2.24, 2.45) is 5.41 Å². The van der Waals surface area contributed by atoms with Crippen molar-refractivity contribution in [2.75, 3.05) is 18.5 Å². The molecule has 1 unspecified atom stereocenters. The maximum atomic E-state index is 12.9. The third-order valence-electron chi connectivity index (χ3n) is 6.84. The number of likely N-dealkylation sites (tertiary alicyclic amines) is 1. The van der Waals surface area contributed by atoms with Gasteiger partial charge in [0.15, 0.2) is 5.69 Å². The van der Waals surface area contributed by atoms with E-state index in [1.807, 2.05) is 50.2 Å². The van der Waals surface area contributed by atoms with Gasteiger partial charge in [-0.15, -0.1) is 0 Å². The fraction of sp³-hybridized carbons (Fsp3) is 0.308. The molecular formula is C26H25N3O6. The number of nitrogens with one attached hydrogen (secondary N) is 1. The van der Waals surface area contributed by atoms with Crippen molar-refractivity contribution < 1.29 is 28.8 Å². The first-order chi connectivity index (χ1) is 16.8. The molecule has 0 saturated carbocycles. The minimum Gasteiger partial charge on any atom is -0.480 e. The summed E-state index contributed by atoms with van der Waals surface area (Å²) in [5.74, 6) is -1.78. The molecule has 2 aromatic carbocycles. The Morgan fingerprint density at radius 3 is 2.37 bits per heavy atom. The van der Waals surface area contributed by atoms with Gasteiger partial charge in [-0.25, -0.2) is 9.59 Å². The van der Waals surface area contributed by atoms with E-state index in [1.54, 1.807) is 0 Å². The molecule has 2 N–H and O–H groups in total. The number of carbonyl (C=O) groups is 3. The second kappa shape index (κ2) is 8.57. The first-order valence-corrected chi connectivity index (χ1v) is 11.4. The predicted octanol–water partition coefficient (Wildman–Crippen LogP) is 4.36. The number of fused-ring (bicyclic) bond motifs is 3. The van der Waals surface area contributed by atoms with Gasteiger partial charge in [0, 0.05) is 18.5 Å². The fourth-order valence-electron chi connectivity index (χ4n) is 5.10. The number of benzene rings is 2. The quantitative estimate of drug-likeness (QED) is 0.562. The molecule has 2 heterocycles. The standard InChI is InChI=1S/C26H25N3O6/c1-26(2)11-12-29(22(26)24(31)32)23(30)20-13-21(35-28-20)27-25(33)34-14-19-17-9-5-3-7-15(17)16-8-4-6-10-18(16)19/h3-10,13,19,22H,11-12,14H2,1-2H3,(H,27,33)(H,31,32). The maximum absolute atomic E-state index is 12.9. The van der Waals surface area contributed by atoms with E-state index in [4.69, 9.17) is 9.26 Å². The summed E-state index contributed by atoms with van der Waals surface area (Å²) in [5.41, 5.74) is 3.79. The summed E-state index contributed by atoms with van der Waals surface area (Å²) in [4.78, 5) is 38.4. The number of amides is 2. The van der Waals surface area contributed by atoms with E-state index < -0.39 is 29.4 Å². The molecule has 180 valence electrons. The lowest BCUT2D eigenvalue weighted by Gasteiger charge is -2.28. The molecule has 1 fully saturated rings. The van der Waals surface area contributed by atoms with Crippen LogP contribution < -0.4 is 5.32 Å². The topological polar surface area (TPSA) is 122 Å². The molecule has 9 heteroatoms. The van der Waals surface area contributed by atoms with Crippen LogP contribution in [0, 0.1) is 5.41 Å². The highest BCUT2D eigenvalue weighted by Crippen LogP contribution is 2.44. The zero-order valence-corrected chi connectivity index (χ0v) is 19.4. The number of carbonyl (C=O) groups excluding carboxylic acids is 2. The number of ether oxygens (including phenoxy) is 1. The molecule has 1 aliphatic carbocycles. The summed E-state index contributed by atoms with van der Waals surface area (Å²) in [6.45, 7) is 4.05. The minimum absolute atomic E-state index is 0.0593. The molecule has 0 spiro atoms. The monoisotopic (exact) mass is 475 g/mol. The molecule has 2 amide bonds. The van der Waals surface area contributed by atoms with E-state index in [1.165, 1.54) is 11.0 Å². The van der Waals surface area contributed by atoms with Gasteiger partial charge in [-0.05, 0) is 34.1 Å². The Bertz CT molecular complexity index is 1270. The normalized spacial score (nSPS) is 18.1. The van der Waals surface area contributed by atoms with Crippen molar-refractivity contribution in [3.63, 3.8) is 0 Å². The number of hydrogen-bond donors (Lipinski definition) is 2. The lowest BCUT2D eigenvalue weighted by molar-refractivity contribution is -0.144. The average Bonchev–Trinajstić information content (AvgIpc) is 3.51. The van der Waals surface area contributed by atoms with Crippen molar-refractivity contribution in [3.8, 4) is 11.1 Å². The van der Waals surface area contributed by atoms with Crippen LogP contribution >= 0.6 is 0 Å². The lowest BCUT2D eigenvalue weighted by Crippen LogP contribution is -2.46. The first kappa shape index (κ1) is 22.6. The van der Waals surface area contributed by atoms with Crippen LogP contribution in [0.5, 0.6) is 0 Å². The molecular weight excluding hydrogens is 450 g/mol. The van der Waals surface area contributed by atoms with E-state index in [-0.39, 0.29) is 24.1 Å². The highest BCUT2D eigenvalue weighted by Gasteiger charge is 2.48. The molecule has 1 aliphatic heterocycles. The van der Waals surface area contributed by atoms with Crippen LogP contribution in [0.4, 0.5) is 10.7 Å². The zero-order valence-electron chi connectivity index (χ0n) is 19.4. The fourth-order valence-corrected chi connectivity index (χ4v) is 5.10. The Hall–Kier alpha value is -4.14. The summed E-state index contributed by atoms with van der Waals surface area (Å²) in [7, 11) is 0. The van der Waals surface area contributed by atoms with Gasteiger partial charge in [0.05, 0.1) is 0 Å². The molecule has 1 saturated heterocycles. The van der Waals surface area contributed by atoms with E-state index in [0.29, 0.717) is 13.0 Å². The number of carboxylic acids is 1. The number of rotatable bonds is 5. The predicted molar refractivity (Wildman–Crippen MR) is 126 cm³/mol. The summed E-state index contributed by atoms with van der Waals surface area (Å²) < 4.78 is 10.6. The highest BCUT2D eigenvalue weighted by molar-refractivity contribution is 5.96. The van der Waals surface area contributed by atoms with Gasteiger partial charge in [0.25, 0.3) is 5.91 Å². The van der Waals surface area contributed by atoms with Crippen LogP contribution in [0.2, 0.25) is 0 Å². The number of nitrogens with zero attached hydrogens (tertiary/aromatic N) is 2. The largest absolute Gasteiger partial charge is 0.480 e. The Labute approximate surface area is 201 Å². The zero-order chi connectivity index (χ0) is 24.7. The van der Waals surface area contributed by atoms with Crippen LogP contribution in [0.15, 0.2) is 59.1 Å². The highest BCUT2D eigenvalue weighted by atomic mass is 16.6. The Morgan fingerprint density at radius 1 is 1.11 bits per heavy atom. The summed E-state index contributed by atoms with van der Waals surface area (Å²) in [6.07, 6.45) is -0.189. The van der Waals surface area contributed by atoms with Crippen LogP contribution in [0.25, 0.3) is 11.1 Å². The van der Waals surface area contributed by atoms with E-state index in [2.05, 4.69) is 22.6 Å². The van der Waals surface area contributed by atoms with Crippen molar-refractivity contribution in [2.45, 2.75) is 32.2 Å². The lowest BCUT2D eigenvalue weighted by atomic mass is 9.85. The molecule has 9 nitrogen and oxygen atoms in total. The molecule has 0 bridgehead atoms. The van der Waals surface area contributed by atoms with Crippen LogP contribution in [-0.4, -0.2) is 52.3 Å². The van der Waals surface area contributed by atoms with Crippen LogP contribution in [0.1, 0.15) is 47.8 Å². The Kier molecular flexibility index (Phi) is 5.55. The average molecular weight is 476 g/mol. The van der Waals surface area contributed by atoms with Crippen LogP contribution in [-0.2, 0) is 9.53 Å². The molecule has 5 rings (SSSR count). The van der Waals surface area contributed by atoms with Gasteiger partial charge in [-0.2, -0.15) is 0 Å². The number of aromatic nitrogens is 1. The van der Waals surface area contributed by atoms with Gasteiger partial charge in [-0.3, -0.25) is 10.1 Å². The van der Waals surface area contributed by atoms with E-state index in [0.717, 1.165) is 22.3 Å². The van der Waals surface area contributed by atoms with Crippen molar-refractivity contribution in [1.29, 1.82) is 0 Å². The van der Waals surface area contributed by atoms with E-state index >= 15 is 0 Å². The van der Waals surface area contributed by atoms with Crippen LogP contribution in [0.3, 0.4) is 0 Å². The van der Waals surface area contributed by atoms with Gasteiger partial charge in [-0.1, -0.05) is 67.5 Å². The first-order valence-electron chi connectivity index (χ1n) is 11.4. The van der Waals surface area contributed by atoms with Gasteiger partial charge in [0.1, 0.15) is 12.6 Å². The molecule has 1 atom stereocenters. The third-order valence-corrected chi connectivity index (χ3v) is 6.84. The maximum Gasteiger partial charge on any atom is 0.414 e. The number of anilines is 1. The second-order valence-corrected chi connectivity index (χ2v) is 9.50. The SMILES string of the molecule is CC1(C)CCN(C(=O)c2cc(NC(=O)OCC3c4ccccc4-c4ccccc43)on2)C1C(=O)O. The number of carboxylic acid groups (broad SMARTS) is 1. The number of aliphatic carboxylic acids is 1. The molecule has 1 aromatic heterocycles. The molecule has 35 heavy (non-hydrogen) atoms. The van der Waals surface area contributed by atoms with Crippen molar-refractivity contribution in [3.05, 3.63) is 71.4 Å². The summed E-state index contributed by atoms with van der Waals surface area (Å²) >= 11 is 0. The summed E-state index contributed by atoms with van der Waals surface area (Å²) in [5, 5.41) is 15.8. The summed E-state index contributed by atoms with van der Waals surface area (Å²) in [6, 6.07) is 16.3. The Balaban J connectivity index is 1.24. The molecule has 3 aromatic rings. The molecule has 2 aliphatic rings. The van der Waals surface area contributed by atoms with Gasteiger partial charge in [0.2, 0.25) is 5.88 Å². The van der Waals surface area contributed by atoms with Crippen molar-refractivity contribution >= 4 is 23.9 Å².